The van der Waals surface area contributed by atoms with Crippen LogP contribution >= 0.6 is 0 Å². The number of aromatic nitrogens is 1. The van der Waals surface area contributed by atoms with Crippen LogP contribution in [0.1, 0.15) is 54.4 Å². The van der Waals surface area contributed by atoms with Gasteiger partial charge in [-0.25, -0.2) is 0 Å². The fraction of sp³-hybridized carbons (Fsp3) is 0.500. The number of ketones is 1. The molecule has 0 saturated carbocycles. The summed E-state index contributed by atoms with van der Waals surface area (Å²) in [7, 11) is 4.02. The SMILES string of the molecule is CC(=N/O)/C(C)=N/O.CC(=N/O)/C(C)=N/O.CC(=O)[C@@H]1CCC=[C-][C@@H]1C.CN(C)c1ccncc1.[Co]. The van der Waals surface area contributed by atoms with Crippen molar-refractivity contribution in [3.8, 4) is 0 Å². The average Bonchev–Trinajstić information content (AvgIpc) is 2.88. The third-order valence-corrected chi connectivity index (χ3v) is 4.95. The number of oxime groups is 4. The van der Waals surface area contributed by atoms with Gasteiger partial charge in [0.2, 0.25) is 0 Å². The van der Waals surface area contributed by atoms with Crippen LogP contribution in [0.2, 0.25) is 0 Å². The van der Waals surface area contributed by atoms with E-state index in [4.69, 9.17) is 20.8 Å². The van der Waals surface area contributed by atoms with Crippen molar-refractivity contribution in [1.29, 1.82) is 0 Å². The Kier molecular flexibility index (Phi) is 23.0. The number of nitrogens with zero attached hydrogens (tertiary/aromatic N) is 6. The second-order valence-corrected chi connectivity index (χ2v) is 7.80. The first kappa shape index (κ1) is 37.3. The molecule has 0 amide bonds. The molecule has 36 heavy (non-hydrogen) atoms. The van der Waals surface area contributed by atoms with Crippen LogP contribution in [0.15, 0.2) is 51.2 Å². The number of allylic oxidation sites excluding steroid dienone is 2. The molecule has 1 aliphatic carbocycles. The molecular weight excluding hydrogens is 511 g/mol. The number of Topliss-reactive ketones (excluding diaryl/α,β-unsaturated/α-hetero) is 1. The van der Waals surface area contributed by atoms with E-state index in [0.717, 1.165) is 12.8 Å². The quantitative estimate of drug-likeness (QED) is 0.186. The second-order valence-electron chi connectivity index (χ2n) is 7.80. The zero-order valence-corrected chi connectivity index (χ0v) is 23.2. The van der Waals surface area contributed by atoms with Crippen LogP contribution in [-0.4, -0.2) is 68.5 Å². The number of pyridine rings is 1. The summed E-state index contributed by atoms with van der Waals surface area (Å²) in [6.07, 6.45) is 10.8. The van der Waals surface area contributed by atoms with Crippen molar-refractivity contribution < 1.29 is 42.4 Å². The summed E-state index contributed by atoms with van der Waals surface area (Å²) in [5, 5.41) is 43.3. The summed E-state index contributed by atoms with van der Waals surface area (Å²) in [6, 6.07) is 3.94. The van der Waals surface area contributed by atoms with Gasteiger partial charge in [0.25, 0.3) is 0 Å². The zero-order chi connectivity index (χ0) is 27.4. The molecule has 0 aromatic carbocycles. The van der Waals surface area contributed by atoms with Crippen LogP contribution in [-0.2, 0) is 21.6 Å². The van der Waals surface area contributed by atoms with Crippen LogP contribution in [0.4, 0.5) is 5.69 Å². The van der Waals surface area contributed by atoms with Crippen molar-refractivity contribution in [2.24, 2.45) is 32.5 Å². The Labute approximate surface area is 224 Å². The summed E-state index contributed by atoms with van der Waals surface area (Å²) < 4.78 is 0. The minimum atomic E-state index is 0. The molecule has 11 nitrogen and oxygen atoms in total. The standard InChI is InChI=1S/C9H13O.C7H10N2.2C4H8N2O2.Co/c1-7-5-3-4-6-9(7)8(2)10;1-9(2)7-3-5-8-6-4-7;2*1-3(5-7)4(2)6-8;/h3,7,9H,4,6H2,1-2H3;3-6H,1-2H3;2*7-8H,1-2H3;/q-1;;;;/b;;2*5-3-,6-4+;/t7-,9+;;;;/m0..../s1. The van der Waals surface area contributed by atoms with E-state index in [9.17, 15) is 4.79 Å². The molecule has 1 aliphatic rings. The van der Waals surface area contributed by atoms with Crippen molar-refractivity contribution in [3.05, 3.63) is 36.7 Å². The first-order valence-corrected chi connectivity index (χ1v) is 10.9. The van der Waals surface area contributed by atoms with E-state index in [1.165, 1.54) is 33.4 Å². The van der Waals surface area contributed by atoms with Gasteiger partial charge in [-0.1, -0.05) is 34.0 Å². The molecular formula is C24H39CoN6O5-. The Hall–Kier alpha value is -3.25. The molecule has 12 heteroatoms. The molecule has 0 aliphatic heterocycles. The summed E-state index contributed by atoms with van der Waals surface area (Å²) in [4.78, 5) is 16.9. The Morgan fingerprint density at radius 1 is 0.889 bits per heavy atom. The van der Waals surface area contributed by atoms with E-state index in [-0.39, 0.29) is 22.7 Å². The van der Waals surface area contributed by atoms with Crippen LogP contribution in [0.5, 0.6) is 0 Å². The molecule has 4 N–H and O–H groups in total. The molecule has 205 valence electrons. The van der Waals surface area contributed by atoms with E-state index >= 15 is 0 Å². The van der Waals surface area contributed by atoms with Gasteiger partial charge in [-0.05, 0) is 59.1 Å². The van der Waals surface area contributed by atoms with E-state index in [2.05, 4.69) is 38.6 Å². The molecule has 1 radical (unpaired) electrons. The molecule has 0 unspecified atom stereocenters. The molecule has 0 spiro atoms. The first-order chi connectivity index (χ1) is 16.5. The van der Waals surface area contributed by atoms with Crippen molar-refractivity contribution in [2.75, 3.05) is 19.0 Å². The Morgan fingerprint density at radius 3 is 1.50 bits per heavy atom. The molecule has 0 bridgehead atoms. The maximum Gasteiger partial charge on any atom is 0.130 e. The maximum atomic E-state index is 11.0. The summed E-state index contributed by atoms with van der Waals surface area (Å²) >= 11 is 0. The Morgan fingerprint density at radius 2 is 1.28 bits per heavy atom. The number of hydrogen-bond donors (Lipinski definition) is 4. The molecule has 1 heterocycles. The molecule has 1 aromatic heterocycles. The zero-order valence-electron chi connectivity index (χ0n) is 22.2. The van der Waals surface area contributed by atoms with E-state index in [1.54, 1.807) is 19.3 Å². The number of carbonyl (C=O) groups is 1. The average molecular weight is 551 g/mol. The number of anilines is 1. The van der Waals surface area contributed by atoms with Crippen LogP contribution in [0.25, 0.3) is 0 Å². The number of rotatable bonds is 4. The third-order valence-electron chi connectivity index (χ3n) is 4.95. The topological polar surface area (TPSA) is 164 Å². The fourth-order valence-corrected chi connectivity index (χ4v) is 2.39. The monoisotopic (exact) mass is 550 g/mol. The van der Waals surface area contributed by atoms with Gasteiger partial charge >= 0.3 is 0 Å². The van der Waals surface area contributed by atoms with E-state index < -0.39 is 0 Å². The summed E-state index contributed by atoms with van der Waals surface area (Å²) in [5.41, 5.74) is 2.44. The normalized spacial score (nSPS) is 17.6. The molecule has 2 atom stereocenters. The molecule has 0 fully saturated rings. The smallest absolute Gasteiger partial charge is 0.130 e. The molecule has 2 rings (SSSR count). The summed E-state index contributed by atoms with van der Waals surface area (Å²) in [6.45, 7) is 9.88. The minimum absolute atomic E-state index is 0. The number of carbonyl (C=O) groups excluding carboxylic acids is 1. The fourth-order valence-electron chi connectivity index (χ4n) is 2.39. The Bertz CT molecular complexity index is 822. The van der Waals surface area contributed by atoms with Gasteiger partial charge in [-0.2, -0.15) is 5.92 Å². The van der Waals surface area contributed by atoms with Crippen molar-refractivity contribution in [1.82, 2.24) is 4.98 Å². The maximum absolute atomic E-state index is 11.0. The number of hydrogen-bond acceptors (Lipinski definition) is 11. The molecule has 1 aromatic rings. The van der Waals surface area contributed by atoms with E-state index in [0.29, 0.717) is 34.5 Å². The predicted octanol–water partition coefficient (Wildman–Crippen LogP) is 4.50. The van der Waals surface area contributed by atoms with E-state index in [1.807, 2.05) is 37.2 Å². The van der Waals surface area contributed by atoms with Gasteiger partial charge in [-0.3, -0.25) is 15.9 Å². The minimum Gasteiger partial charge on any atom is -0.497 e. The van der Waals surface area contributed by atoms with Gasteiger partial charge in [-0.15, -0.1) is 0 Å². The largest absolute Gasteiger partial charge is 0.497 e. The summed E-state index contributed by atoms with van der Waals surface area (Å²) in [5.74, 6) is 0.893. The van der Waals surface area contributed by atoms with Crippen molar-refractivity contribution in [2.45, 2.75) is 54.4 Å². The van der Waals surface area contributed by atoms with Gasteiger partial charge in [0.1, 0.15) is 28.6 Å². The predicted molar refractivity (Wildman–Crippen MR) is 139 cm³/mol. The first-order valence-electron chi connectivity index (χ1n) is 10.9. The van der Waals surface area contributed by atoms with Gasteiger partial charge in [0.05, 0.1) is 0 Å². The van der Waals surface area contributed by atoms with Crippen molar-refractivity contribution in [3.63, 3.8) is 0 Å². The van der Waals surface area contributed by atoms with Crippen molar-refractivity contribution >= 4 is 34.3 Å². The molecule has 0 saturated heterocycles. The van der Waals surface area contributed by atoms with Gasteiger partial charge < -0.3 is 31.8 Å². The Balaban J connectivity index is -0.000000402. The van der Waals surface area contributed by atoms with Crippen LogP contribution < -0.4 is 4.90 Å². The van der Waals surface area contributed by atoms with Crippen LogP contribution in [0.3, 0.4) is 0 Å². The van der Waals surface area contributed by atoms with Gasteiger partial charge in [0, 0.05) is 49.0 Å². The van der Waals surface area contributed by atoms with Crippen LogP contribution in [0, 0.1) is 17.9 Å². The second kappa shape index (κ2) is 22.2. The third kappa shape index (κ3) is 17.2. The van der Waals surface area contributed by atoms with Gasteiger partial charge in [0.15, 0.2) is 0 Å².